The van der Waals surface area contributed by atoms with Gasteiger partial charge < -0.3 is 14.0 Å². The zero-order valence-electron chi connectivity index (χ0n) is 18.7. The molecule has 4 rings (SSSR count). The van der Waals surface area contributed by atoms with E-state index in [1.165, 1.54) is 48.4 Å². The Morgan fingerprint density at radius 3 is 2.21 bits per heavy atom. The zero-order chi connectivity index (χ0) is 24.6. The van der Waals surface area contributed by atoms with Gasteiger partial charge in [0.1, 0.15) is 0 Å². The number of aryl methyl sites for hydroxylation is 1. The molecule has 1 aliphatic rings. The van der Waals surface area contributed by atoms with Gasteiger partial charge in [0.25, 0.3) is 10.0 Å². The molecule has 34 heavy (non-hydrogen) atoms. The van der Waals surface area contributed by atoms with E-state index in [0.717, 1.165) is 9.54 Å². The first kappa shape index (κ1) is 23.5. The van der Waals surface area contributed by atoms with Gasteiger partial charge in [0.05, 0.1) is 41.8 Å². The fourth-order valence-electron chi connectivity index (χ4n) is 3.65. The third-order valence-electron chi connectivity index (χ3n) is 5.28. The van der Waals surface area contributed by atoms with Gasteiger partial charge in [-0.3, -0.25) is 14.5 Å². The van der Waals surface area contributed by atoms with E-state index < -0.39 is 35.0 Å². The first-order valence-corrected chi connectivity index (χ1v) is 11.7. The summed E-state index contributed by atoms with van der Waals surface area (Å²) in [5.41, 5.74) is 1.01. The van der Waals surface area contributed by atoms with Gasteiger partial charge in [-0.05, 0) is 44.3 Å². The smallest absolute Gasteiger partial charge is 0.493 e. The number of rotatable bonds is 4. The molecule has 0 N–H and O–H groups in total. The van der Waals surface area contributed by atoms with E-state index in [0.29, 0.717) is 5.39 Å². The topological polar surface area (TPSA) is 121 Å². The molecule has 12 heteroatoms. The number of methoxy groups -OCH3 is 1. The largest absolute Gasteiger partial charge is 0.655 e. The molecule has 0 saturated carbocycles. The fraction of sp³-hybridized carbons (Fsp3) is 0.227. The molecule has 0 atom stereocenters. The predicted octanol–water partition coefficient (Wildman–Crippen LogP) is 0.700. The molecule has 0 bridgehead atoms. The molecule has 2 heterocycles. The van der Waals surface area contributed by atoms with Crippen molar-refractivity contribution in [3.05, 3.63) is 59.7 Å². The Morgan fingerprint density at radius 2 is 1.62 bits per heavy atom. The lowest BCUT2D eigenvalue weighted by molar-refractivity contribution is -0.145. The molecule has 10 nitrogen and oxygen atoms in total. The molecule has 3 aromatic rings. The molecular weight excluding hydrogens is 463 g/mol. The third kappa shape index (κ3) is 4.41. The zero-order valence-corrected chi connectivity index (χ0v) is 19.5. The summed E-state index contributed by atoms with van der Waals surface area (Å²) in [6, 6.07) is 12.0. The van der Waals surface area contributed by atoms with Crippen LogP contribution in [0.1, 0.15) is 15.9 Å². The van der Waals surface area contributed by atoms with Gasteiger partial charge in [0.2, 0.25) is 0 Å². The third-order valence-corrected chi connectivity index (χ3v) is 7.04. The monoisotopic (exact) mass is 484 g/mol. The lowest BCUT2D eigenvalue weighted by Gasteiger charge is -2.23. The van der Waals surface area contributed by atoms with Crippen molar-refractivity contribution in [2.24, 2.45) is 0 Å². The van der Waals surface area contributed by atoms with E-state index in [2.05, 4.69) is 0 Å². The maximum atomic E-state index is 13.8. The van der Waals surface area contributed by atoms with Gasteiger partial charge in [-0.1, -0.05) is 23.8 Å². The highest BCUT2D eigenvalue weighted by atomic mass is 32.2. The van der Waals surface area contributed by atoms with Crippen molar-refractivity contribution < 1.29 is 36.8 Å². The molecular formula is C22H21BN2O8S. The van der Waals surface area contributed by atoms with E-state index in [1.807, 2.05) is 6.92 Å². The van der Waals surface area contributed by atoms with Gasteiger partial charge in [-0.15, -0.1) is 0 Å². The van der Waals surface area contributed by atoms with Crippen LogP contribution < -0.4 is 5.59 Å². The molecule has 1 aliphatic heterocycles. The molecule has 0 unspecified atom stereocenters. The highest BCUT2D eigenvalue weighted by molar-refractivity contribution is 7.90. The highest BCUT2D eigenvalue weighted by Gasteiger charge is 2.40. The van der Waals surface area contributed by atoms with Crippen molar-refractivity contribution in [1.82, 2.24) is 8.87 Å². The summed E-state index contributed by atoms with van der Waals surface area (Å²) in [6.07, 6.45) is 0. The van der Waals surface area contributed by atoms with Gasteiger partial charge in [0, 0.05) is 5.39 Å². The van der Waals surface area contributed by atoms with Crippen molar-refractivity contribution in [2.75, 3.05) is 27.2 Å². The summed E-state index contributed by atoms with van der Waals surface area (Å²) >= 11 is 0. The summed E-state index contributed by atoms with van der Waals surface area (Å²) in [4.78, 5) is 38.1. The van der Waals surface area contributed by atoms with E-state index in [9.17, 15) is 22.8 Å². The van der Waals surface area contributed by atoms with Crippen molar-refractivity contribution in [3.8, 4) is 0 Å². The number of nitrogens with zero attached hydrogens (tertiary/aromatic N) is 2. The van der Waals surface area contributed by atoms with Crippen LogP contribution in [0.5, 0.6) is 0 Å². The second-order valence-corrected chi connectivity index (χ2v) is 9.69. The number of hydrogen-bond acceptors (Lipinski definition) is 9. The molecule has 1 aromatic heterocycles. The molecule has 0 radical (unpaired) electrons. The minimum absolute atomic E-state index is 0.0384. The van der Waals surface area contributed by atoms with Crippen molar-refractivity contribution in [2.45, 2.75) is 11.8 Å². The standard InChI is InChI=1S/C22H21BN2O8S/c1-14-4-8-17(9-5-14)34(29,30)25-18-10-16(22(28)31-3)7-6-15(18)11-19(25)23-32-20(26)12-24(2)13-21(27)33-23/h4-11H,12-13H2,1-3H3. The first-order valence-electron chi connectivity index (χ1n) is 10.2. The lowest BCUT2D eigenvalue weighted by atomic mass is 9.84. The van der Waals surface area contributed by atoms with Gasteiger partial charge in [-0.2, -0.15) is 0 Å². The van der Waals surface area contributed by atoms with Crippen molar-refractivity contribution in [3.63, 3.8) is 0 Å². The number of carbonyl (C=O) groups excluding carboxylic acids is 3. The van der Waals surface area contributed by atoms with Crippen LogP contribution >= 0.6 is 0 Å². The summed E-state index contributed by atoms with van der Waals surface area (Å²) in [7, 11) is -3.11. The summed E-state index contributed by atoms with van der Waals surface area (Å²) in [6.45, 7) is 1.46. The Hall–Kier alpha value is -3.64. The summed E-state index contributed by atoms with van der Waals surface area (Å²) < 4.78 is 43.9. The SMILES string of the molecule is COC(=O)c1ccc2cc(B3OC(=O)CN(C)CC(=O)O3)n(S(=O)(=O)c3ccc(C)cc3)c2c1. The minimum atomic E-state index is -4.26. The maximum Gasteiger partial charge on any atom is 0.655 e. The minimum Gasteiger partial charge on any atom is -0.493 e. The second-order valence-electron chi connectivity index (χ2n) is 7.90. The number of ether oxygens (including phenoxy) is 1. The van der Waals surface area contributed by atoms with E-state index in [-0.39, 0.29) is 34.7 Å². The van der Waals surface area contributed by atoms with Crippen molar-refractivity contribution in [1.29, 1.82) is 0 Å². The Kier molecular flexibility index (Phi) is 6.19. The quantitative estimate of drug-likeness (QED) is 0.389. The second kappa shape index (κ2) is 8.95. The Labute approximate surface area is 196 Å². The van der Waals surface area contributed by atoms with Gasteiger partial charge >= 0.3 is 25.0 Å². The van der Waals surface area contributed by atoms with E-state index in [1.54, 1.807) is 19.2 Å². The van der Waals surface area contributed by atoms with Crippen LogP contribution in [0.2, 0.25) is 0 Å². The number of aromatic nitrogens is 1. The predicted molar refractivity (Wildman–Crippen MR) is 122 cm³/mol. The number of hydrogen-bond donors (Lipinski definition) is 0. The van der Waals surface area contributed by atoms with Crippen LogP contribution in [0.4, 0.5) is 0 Å². The number of fused-ring (bicyclic) bond motifs is 1. The van der Waals surface area contributed by atoms with Crippen LogP contribution in [-0.2, 0) is 33.7 Å². The number of benzene rings is 2. The molecule has 1 fully saturated rings. The number of carbonyl (C=O) groups is 3. The fourth-order valence-corrected chi connectivity index (χ4v) is 5.17. The summed E-state index contributed by atoms with van der Waals surface area (Å²) in [5.74, 6) is -2.05. The Morgan fingerprint density at radius 1 is 1.00 bits per heavy atom. The molecule has 176 valence electrons. The Balaban J connectivity index is 1.96. The van der Waals surface area contributed by atoms with Gasteiger partial charge in [-0.25, -0.2) is 17.2 Å². The van der Waals surface area contributed by atoms with Crippen LogP contribution in [0.3, 0.4) is 0 Å². The molecule has 2 aromatic carbocycles. The first-order chi connectivity index (χ1) is 16.1. The van der Waals surface area contributed by atoms with E-state index in [4.69, 9.17) is 14.0 Å². The number of esters is 1. The lowest BCUT2D eigenvalue weighted by Crippen LogP contribution is -2.50. The highest BCUT2D eigenvalue weighted by Crippen LogP contribution is 2.24. The molecule has 1 saturated heterocycles. The molecule has 0 aliphatic carbocycles. The van der Waals surface area contributed by atoms with E-state index >= 15 is 0 Å². The van der Waals surface area contributed by atoms with Crippen LogP contribution in [0, 0.1) is 6.92 Å². The van der Waals surface area contributed by atoms with Crippen LogP contribution in [0.15, 0.2) is 53.4 Å². The van der Waals surface area contributed by atoms with Crippen molar-refractivity contribution >= 4 is 51.5 Å². The molecule has 0 amide bonds. The summed E-state index contributed by atoms with van der Waals surface area (Å²) in [5, 5.41) is 0.421. The average Bonchev–Trinajstić information content (AvgIpc) is 3.16. The average molecular weight is 484 g/mol. The normalized spacial score (nSPS) is 15.4. The van der Waals surface area contributed by atoms with Crippen LogP contribution in [0.25, 0.3) is 10.9 Å². The Bertz CT molecular complexity index is 1380. The maximum absolute atomic E-state index is 13.8. The number of likely N-dealkylation sites (N-methyl/N-ethyl adjacent to an activating group) is 1. The van der Waals surface area contributed by atoms with Gasteiger partial charge in [0.15, 0.2) is 0 Å². The molecule has 0 spiro atoms. The van der Waals surface area contributed by atoms with Crippen LogP contribution in [-0.4, -0.2) is 69.6 Å².